The highest BCUT2D eigenvalue weighted by Crippen LogP contribution is 2.30. The third kappa shape index (κ3) is 2.66. The molecule has 5 rings (SSSR count). The van der Waals surface area contributed by atoms with Crippen molar-refractivity contribution in [1.29, 1.82) is 0 Å². The first-order valence-electron chi connectivity index (χ1n) is 8.71. The molecule has 1 atom stereocenters. The minimum Gasteiger partial charge on any atom is -0.358 e. The lowest BCUT2D eigenvalue weighted by molar-refractivity contribution is 0.767. The van der Waals surface area contributed by atoms with E-state index in [0.717, 1.165) is 22.7 Å². The molecule has 0 amide bonds. The van der Waals surface area contributed by atoms with E-state index in [0.29, 0.717) is 22.0 Å². The van der Waals surface area contributed by atoms with Crippen LogP contribution in [0.15, 0.2) is 55.2 Å². The number of H-pyrrole nitrogens is 1. The van der Waals surface area contributed by atoms with Gasteiger partial charge in [-0.2, -0.15) is 0 Å². The number of hydrogen-bond donors (Lipinski definition) is 2. The van der Waals surface area contributed by atoms with Crippen molar-refractivity contribution in [3.63, 3.8) is 0 Å². The maximum Gasteiger partial charge on any atom is 0.164 e. The molecule has 0 fully saturated rings. The van der Waals surface area contributed by atoms with Crippen LogP contribution in [0.2, 0.25) is 5.02 Å². The Bertz CT molecular complexity index is 1290. The van der Waals surface area contributed by atoms with Gasteiger partial charge in [0.05, 0.1) is 23.1 Å². The molecule has 4 heterocycles. The zero-order chi connectivity index (χ0) is 19.1. The molecule has 0 aliphatic carbocycles. The summed E-state index contributed by atoms with van der Waals surface area (Å²) in [6.07, 6.45) is 4.84. The number of halogens is 1. The fourth-order valence-electron chi connectivity index (χ4n) is 3.23. The summed E-state index contributed by atoms with van der Waals surface area (Å²) in [5.74, 6) is 1.40. The van der Waals surface area contributed by atoms with Crippen LogP contribution in [0.4, 0.5) is 5.82 Å². The number of anilines is 1. The van der Waals surface area contributed by atoms with E-state index in [1.807, 2.05) is 47.9 Å². The first-order chi connectivity index (χ1) is 13.7. The van der Waals surface area contributed by atoms with Gasteiger partial charge in [-0.15, -0.1) is 0 Å². The van der Waals surface area contributed by atoms with E-state index in [9.17, 15) is 0 Å². The number of fused-ring (bicyclic) bond motifs is 2. The zero-order valence-electron chi connectivity index (χ0n) is 14.8. The number of aromatic nitrogens is 7. The Morgan fingerprint density at radius 1 is 1.07 bits per heavy atom. The molecule has 0 saturated carbocycles. The Kier molecular flexibility index (Phi) is 3.91. The van der Waals surface area contributed by atoms with Gasteiger partial charge >= 0.3 is 0 Å². The van der Waals surface area contributed by atoms with Gasteiger partial charge in [0.15, 0.2) is 17.1 Å². The van der Waals surface area contributed by atoms with Gasteiger partial charge in [0.2, 0.25) is 0 Å². The molecule has 1 aromatic carbocycles. The van der Waals surface area contributed by atoms with E-state index >= 15 is 0 Å². The minimum absolute atomic E-state index is 0.194. The van der Waals surface area contributed by atoms with Crippen molar-refractivity contribution in [1.82, 2.24) is 34.5 Å². The number of nitrogens with one attached hydrogen (secondary N) is 2. The summed E-state index contributed by atoms with van der Waals surface area (Å²) in [7, 11) is 0. The van der Waals surface area contributed by atoms with Crippen molar-refractivity contribution >= 4 is 39.7 Å². The molecule has 0 radical (unpaired) electrons. The van der Waals surface area contributed by atoms with E-state index < -0.39 is 0 Å². The Hall–Kier alpha value is -3.52. The average molecular weight is 391 g/mol. The van der Waals surface area contributed by atoms with Crippen molar-refractivity contribution in [2.24, 2.45) is 0 Å². The van der Waals surface area contributed by atoms with Gasteiger partial charge < -0.3 is 10.3 Å². The quantitative estimate of drug-likeness (QED) is 0.482. The average Bonchev–Trinajstić information content (AvgIpc) is 3.33. The van der Waals surface area contributed by atoms with Crippen molar-refractivity contribution in [3.05, 3.63) is 66.1 Å². The summed E-state index contributed by atoms with van der Waals surface area (Å²) >= 11 is 6.48. The molecule has 4 aromatic heterocycles. The first-order valence-corrected chi connectivity index (χ1v) is 9.09. The maximum absolute atomic E-state index is 6.48. The predicted octanol–water partition coefficient (Wildman–Crippen LogP) is 3.91. The number of aromatic amines is 1. The van der Waals surface area contributed by atoms with Crippen molar-refractivity contribution in [2.45, 2.75) is 13.0 Å². The molecule has 0 bridgehead atoms. The van der Waals surface area contributed by atoms with Gasteiger partial charge in [0.25, 0.3) is 0 Å². The van der Waals surface area contributed by atoms with Crippen LogP contribution in [0.5, 0.6) is 0 Å². The number of para-hydroxylation sites is 1. The van der Waals surface area contributed by atoms with E-state index in [1.54, 1.807) is 12.5 Å². The molecule has 0 aliphatic rings. The smallest absolute Gasteiger partial charge is 0.164 e. The van der Waals surface area contributed by atoms with Crippen LogP contribution in [-0.4, -0.2) is 34.5 Å². The predicted molar refractivity (Wildman–Crippen MR) is 108 cm³/mol. The van der Waals surface area contributed by atoms with Crippen molar-refractivity contribution in [3.8, 4) is 5.69 Å². The number of pyridine rings is 1. The number of rotatable bonds is 4. The molecule has 2 N–H and O–H groups in total. The number of hydrogen-bond acceptors (Lipinski definition) is 6. The highest BCUT2D eigenvalue weighted by molar-refractivity contribution is 6.32. The van der Waals surface area contributed by atoms with Gasteiger partial charge in [-0.05, 0) is 31.2 Å². The number of imidazole rings is 2. The molecule has 0 saturated heterocycles. The second-order valence-corrected chi connectivity index (χ2v) is 6.70. The van der Waals surface area contributed by atoms with Gasteiger partial charge in [-0.1, -0.05) is 23.7 Å². The summed E-state index contributed by atoms with van der Waals surface area (Å²) in [4.78, 5) is 25.1. The summed E-state index contributed by atoms with van der Waals surface area (Å²) in [6.45, 7) is 2.01. The van der Waals surface area contributed by atoms with Crippen LogP contribution >= 0.6 is 11.6 Å². The summed E-state index contributed by atoms with van der Waals surface area (Å²) in [5.41, 5.74) is 3.70. The van der Waals surface area contributed by atoms with E-state index in [4.69, 9.17) is 16.6 Å². The van der Waals surface area contributed by atoms with Gasteiger partial charge in [0, 0.05) is 6.20 Å². The lowest BCUT2D eigenvalue weighted by Crippen LogP contribution is -2.14. The molecule has 0 aliphatic heterocycles. The summed E-state index contributed by atoms with van der Waals surface area (Å²) in [5, 5.41) is 4.01. The standard InChI is InChI=1S/C19H15ClN8/c1-11(26-17-15-16(23-9-22-15)24-10-25-17)18-27-13-6-4-8-21-19(13)28(18)14-7-3-2-5-12(14)20/h2-11H,1H3,(H2,22,23,24,25,26). The topological polar surface area (TPSA) is 97.2 Å². The second kappa shape index (κ2) is 6.58. The minimum atomic E-state index is -0.194. The largest absolute Gasteiger partial charge is 0.358 e. The van der Waals surface area contributed by atoms with E-state index in [2.05, 4.69) is 30.2 Å². The fraction of sp³-hybridized carbons (Fsp3) is 0.105. The molecule has 138 valence electrons. The SMILES string of the molecule is CC(Nc1ncnc2[nH]cnc12)c1nc2cccnc2n1-c1ccccc1Cl. The fourth-order valence-corrected chi connectivity index (χ4v) is 3.45. The Balaban J connectivity index is 1.65. The third-order valence-corrected chi connectivity index (χ3v) is 4.81. The van der Waals surface area contributed by atoms with Gasteiger partial charge in [-0.3, -0.25) is 4.57 Å². The lowest BCUT2D eigenvalue weighted by Gasteiger charge is -2.17. The van der Waals surface area contributed by atoms with Crippen LogP contribution < -0.4 is 5.32 Å². The molecule has 5 aromatic rings. The summed E-state index contributed by atoms with van der Waals surface area (Å²) < 4.78 is 1.97. The number of nitrogens with zero attached hydrogens (tertiary/aromatic N) is 6. The van der Waals surface area contributed by atoms with Crippen LogP contribution in [0, 0.1) is 0 Å². The lowest BCUT2D eigenvalue weighted by atomic mass is 10.2. The van der Waals surface area contributed by atoms with Gasteiger partial charge in [0.1, 0.15) is 23.2 Å². The molecule has 1 unspecified atom stereocenters. The molecular formula is C19H15ClN8. The van der Waals surface area contributed by atoms with E-state index in [-0.39, 0.29) is 6.04 Å². The normalized spacial score (nSPS) is 12.5. The van der Waals surface area contributed by atoms with Crippen LogP contribution in [-0.2, 0) is 0 Å². The van der Waals surface area contributed by atoms with Gasteiger partial charge in [-0.25, -0.2) is 24.9 Å². The molecule has 28 heavy (non-hydrogen) atoms. The van der Waals surface area contributed by atoms with Crippen LogP contribution in [0.3, 0.4) is 0 Å². The van der Waals surface area contributed by atoms with E-state index in [1.165, 1.54) is 6.33 Å². The monoisotopic (exact) mass is 390 g/mol. The maximum atomic E-state index is 6.48. The van der Waals surface area contributed by atoms with Crippen LogP contribution in [0.1, 0.15) is 18.8 Å². The second-order valence-electron chi connectivity index (χ2n) is 6.29. The zero-order valence-corrected chi connectivity index (χ0v) is 15.6. The van der Waals surface area contributed by atoms with Crippen LogP contribution in [0.25, 0.3) is 28.0 Å². The molecule has 0 spiro atoms. The highest BCUT2D eigenvalue weighted by Gasteiger charge is 2.21. The molecular weight excluding hydrogens is 376 g/mol. The molecule has 8 nitrogen and oxygen atoms in total. The van der Waals surface area contributed by atoms with Crippen molar-refractivity contribution < 1.29 is 0 Å². The number of benzene rings is 1. The summed E-state index contributed by atoms with van der Waals surface area (Å²) in [6, 6.07) is 11.2. The Morgan fingerprint density at radius 3 is 2.86 bits per heavy atom. The van der Waals surface area contributed by atoms with Crippen molar-refractivity contribution in [2.75, 3.05) is 5.32 Å². The molecule has 9 heteroatoms. The first kappa shape index (κ1) is 16.6. The Morgan fingerprint density at radius 2 is 1.96 bits per heavy atom. The Labute approximate surface area is 164 Å². The highest BCUT2D eigenvalue weighted by atomic mass is 35.5. The third-order valence-electron chi connectivity index (χ3n) is 4.49.